The Balaban J connectivity index is 2.11. The molecule has 0 heterocycles. The van der Waals surface area contributed by atoms with Gasteiger partial charge in [-0.3, -0.25) is 10.1 Å². The van der Waals surface area contributed by atoms with Gasteiger partial charge in [0.25, 0.3) is 5.69 Å². The first-order valence-corrected chi connectivity index (χ1v) is 10.6. The van der Waals surface area contributed by atoms with Gasteiger partial charge in [-0.05, 0) is 28.5 Å². The van der Waals surface area contributed by atoms with Crippen molar-refractivity contribution in [1.82, 2.24) is 0 Å². The van der Waals surface area contributed by atoms with Crippen LogP contribution in [0.4, 0.5) is 5.69 Å². The van der Waals surface area contributed by atoms with E-state index in [9.17, 15) is 18.5 Å². The first kappa shape index (κ1) is 17.1. The molecule has 0 unspecified atom stereocenters. The van der Waals surface area contributed by atoms with Gasteiger partial charge in [0.15, 0.2) is 0 Å². The van der Waals surface area contributed by atoms with Crippen molar-refractivity contribution in [3.05, 3.63) is 69.2 Å². The second-order valence-electron chi connectivity index (χ2n) is 4.21. The van der Waals surface area contributed by atoms with E-state index >= 15 is 0 Å². The van der Waals surface area contributed by atoms with Crippen LogP contribution >= 0.6 is 32.2 Å². The Morgan fingerprint density at radius 2 is 1.82 bits per heavy atom. The summed E-state index contributed by atoms with van der Waals surface area (Å²) in [7, 11) is -2.02. The van der Waals surface area contributed by atoms with E-state index in [1.807, 2.05) is 0 Å². The van der Waals surface area contributed by atoms with Gasteiger partial charge >= 0.3 is 0 Å². The van der Waals surface area contributed by atoms with Crippen LogP contribution in [0.5, 0.6) is 0 Å². The fourth-order valence-corrected chi connectivity index (χ4v) is 6.46. The smallest absolute Gasteiger partial charge is 0.258 e. The topological polar surface area (TPSA) is 77.3 Å². The molecule has 0 saturated heterocycles. The summed E-state index contributed by atoms with van der Waals surface area (Å²) in [6.07, 6.45) is 0. The maximum Gasteiger partial charge on any atom is 0.285 e. The Bertz CT molecular complexity index is 781. The molecule has 116 valence electrons. The highest BCUT2D eigenvalue weighted by atomic mass is 35.5. The van der Waals surface area contributed by atoms with Crippen molar-refractivity contribution in [3.63, 3.8) is 0 Å². The number of nitro benzene ring substituents is 1. The summed E-state index contributed by atoms with van der Waals surface area (Å²) in [5, 5.41) is 11.2. The number of halogens is 1. The van der Waals surface area contributed by atoms with Crippen LogP contribution in [0.2, 0.25) is 5.02 Å². The molecule has 2 aromatic rings. The third-order valence-corrected chi connectivity index (χ3v) is 8.45. The van der Waals surface area contributed by atoms with Crippen LogP contribution in [0.15, 0.2) is 53.4 Å². The fraction of sp³-hybridized carbons (Fsp3) is 0.0769. The van der Waals surface area contributed by atoms with E-state index in [1.54, 1.807) is 30.3 Å². The third kappa shape index (κ3) is 4.91. The van der Waals surface area contributed by atoms with Crippen molar-refractivity contribution in [2.45, 2.75) is 10.6 Å². The number of rotatable bonds is 6. The van der Waals surface area contributed by atoms with Crippen molar-refractivity contribution >= 4 is 46.8 Å². The van der Waals surface area contributed by atoms with Crippen LogP contribution in [-0.4, -0.2) is 13.3 Å². The first-order valence-electron chi connectivity index (χ1n) is 5.94. The van der Waals surface area contributed by atoms with E-state index in [2.05, 4.69) is 0 Å². The Kier molecular flexibility index (Phi) is 5.74. The normalized spacial score (nSPS) is 11.3. The number of nitrogens with zero attached hydrogens (tertiary/aromatic N) is 1. The Hall–Kier alpha value is -1.22. The highest BCUT2D eigenvalue weighted by Crippen LogP contribution is 2.42. The minimum Gasteiger partial charge on any atom is -0.258 e. The summed E-state index contributed by atoms with van der Waals surface area (Å²) in [5.74, 6) is -0.132. The van der Waals surface area contributed by atoms with Crippen LogP contribution in [0.3, 0.4) is 0 Å². The van der Waals surface area contributed by atoms with Gasteiger partial charge in [0.1, 0.15) is 0 Å². The maximum atomic E-state index is 12.1. The standard InChI is InChI=1S/C13H10ClNO4S3/c14-11-6-7-13(12(8-11)15(16)17)20-21-22(18,19)9-10-4-2-1-3-5-10/h1-8H,9H2. The highest BCUT2D eigenvalue weighted by molar-refractivity contribution is 9.06. The number of hydrogen-bond donors (Lipinski definition) is 0. The van der Waals surface area contributed by atoms with Crippen molar-refractivity contribution in [2.24, 2.45) is 0 Å². The molecule has 5 nitrogen and oxygen atoms in total. The third-order valence-electron chi connectivity index (χ3n) is 2.53. The zero-order valence-corrected chi connectivity index (χ0v) is 14.2. The molecule has 2 aromatic carbocycles. The Morgan fingerprint density at radius 1 is 1.14 bits per heavy atom. The SMILES string of the molecule is O=[N+]([O-])c1cc(Cl)ccc1SSS(=O)(=O)Cc1ccccc1. The van der Waals surface area contributed by atoms with Gasteiger partial charge in [-0.2, -0.15) is 0 Å². The summed E-state index contributed by atoms with van der Waals surface area (Å²) < 4.78 is 24.1. The quantitative estimate of drug-likeness (QED) is 0.419. The van der Waals surface area contributed by atoms with Crippen molar-refractivity contribution in [2.75, 3.05) is 0 Å². The summed E-state index contributed by atoms with van der Waals surface area (Å²) in [6.45, 7) is 0. The van der Waals surface area contributed by atoms with Gasteiger partial charge in [-0.1, -0.05) is 41.9 Å². The Labute approximate surface area is 139 Å². The van der Waals surface area contributed by atoms with Crippen LogP contribution in [0, 0.1) is 10.1 Å². The molecule has 0 aliphatic carbocycles. The van der Waals surface area contributed by atoms with Gasteiger partial charge in [-0.25, -0.2) is 8.42 Å². The molecule has 0 radical (unpaired) electrons. The van der Waals surface area contributed by atoms with Crippen LogP contribution in [-0.2, 0) is 14.6 Å². The van der Waals surface area contributed by atoms with Crippen LogP contribution in [0.1, 0.15) is 5.56 Å². The van der Waals surface area contributed by atoms with E-state index in [4.69, 9.17) is 11.6 Å². The predicted molar refractivity (Wildman–Crippen MR) is 90.6 cm³/mol. The minimum atomic E-state index is -3.46. The predicted octanol–water partition coefficient (Wildman–Crippen LogP) is 4.52. The highest BCUT2D eigenvalue weighted by Gasteiger charge is 2.20. The second-order valence-corrected chi connectivity index (χ2v) is 10.4. The van der Waals surface area contributed by atoms with E-state index in [-0.39, 0.29) is 21.4 Å². The average Bonchev–Trinajstić information content (AvgIpc) is 2.46. The van der Waals surface area contributed by atoms with Gasteiger partial charge < -0.3 is 0 Å². The molecule has 9 heteroatoms. The van der Waals surface area contributed by atoms with E-state index in [1.165, 1.54) is 18.2 Å². The van der Waals surface area contributed by atoms with Crippen LogP contribution in [0.25, 0.3) is 0 Å². The molecular formula is C13H10ClNO4S3. The monoisotopic (exact) mass is 375 g/mol. The molecule has 2 rings (SSSR count). The number of hydrogen-bond acceptors (Lipinski definition) is 6. The van der Waals surface area contributed by atoms with Gasteiger partial charge in [0.05, 0.1) is 15.6 Å². The zero-order chi connectivity index (χ0) is 16.2. The minimum absolute atomic E-state index is 0.132. The van der Waals surface area contributed by atoms with Gasteiger partial charge in [-0.15, -0.1) is 0 Å². The molecule has 0 aliphatic heterocycles. The largest absolute Gasteiger partial charge is 0.285 e. The molecule has 0 amide bonds. The maximum absolute atomic E-state index is 12.1. The lowest BCUT2D eigenvalue weighted by molar-refractivity contribution is -0.387. The van der Waals surface area contributed by atoms with E-state index in [0.717, 1.165) is 10.8 Å². The molecule has 0 saturated carbocycles. The van der Waals surface area contributed by atoms with E-state index < -0.39 is 13.8 Å². The molecule has 0 atom stereocenters. The lowest BCUT2D eigenvalue weighted by Gasteiger charge is -2.04. The van der Waals surface area contributed by atoms with Crippen LogP contribution < -0.4 is 0 Å². The van der Waals surface area contributed by atoms with Crippen molar-refractivity contribution < 1.29 is 13.3 Å². The summed E-state index contributed by atoms with van der Waals surface area (Å²) in [5.41, 5.74) is 0.459. The summed E-state index contributed by atoms with van der Waals surface area (Å²) >= 11 is 5.72. The average molecular weight is 376 g/mol. The molecule has 22 heavy (non-hydrogen) atoms. The first-order chi connectivity index (χ1) is 10.4. The molecule has 0 bridgehead atoms. The zero-order valence-electron chi connectivity index (χ0n) is 11.0. The molecule has 0 aromatic heterocycles. The summed E-state index contributed by atoms with van der Waals surface area (Å²) in [6, 6.07) is 12.9. The van der Waals surface area contributed by atoms with Crippen molar-refractivity contribution in [3.8, 4) is 0 Å². The molecule has 0 aliphatic rings. The second kappa shape index (κ2) is 7.36. The molecular weight excluding hydrogens is 366 g/mol. The molecule has 0 fully saturated rings. The fourth-order valence-electron chi connectivity index (χ4n) is 1.59. The van der Waals surface area contributed by atoms with Crippen molar-refractivity contribution in [1.29, 1.82) is 0 Å². The molecule has 0 N–H and O–H groups in total. The number of benzene rings is 2. The Morgan fingerprint density at radius 3 is 2.45 bits per heavy atom. The lowest BCUT2D eigenvalue weighted by Crippen LogP contribution is -1.97. The van der Waals surface area contributed by atoms with Gasteiger partial charge in [0, 0.05) is 20.9 Å². The lowest BCUT2D eigenvalue weighted by atomic mass is 10.2. The summed E-state index contributed by atoms with van der Waals surface area (Å²) in [4.78, 5) is 10.6. The van der Waals surface area contributed by atoms with E-state index in [0.29, 0.717) is 15.4 Å². The van der Waals surface area contributed by atoms with Gasteiger partial charge in [0.2, 0.25) is 8.87 Å². The molecule has 0 spiro atoms. The number of nitro groups is 1.